The molecule has 0 unspecified atom stereocenters. The molecule has 10 heteroatoms. The van der Waals surface area contributed by atoms with Gasteiger partial charge in [0.15, 0.2) is 0 Å². The number of sulfonamides is 1. The van der Waals surface area contributed by atoms with Gasteiger partial charge in [0.25, 0.3) is 5.91 Å². The average Bonchev–Trinajstić information content (AvgIpc) is 2.65. The molecule has 0 heterocycles. The molecule has 0 spiro atoms. The summed E-state index contributed by atoms with van der Waals surface area (Å²) in [4.78, 5) is 12.0. The number of rotatable bonds is 6. The number of nitrogens with one attached hydrogen (secondary N) is 3. The third kappa shape index (κ3) is 4.77. The molecular formula is C17H18F3N3O3S. The van der Waals surface area contributed by atoms with Crippen LogP contribution in [0.4, 0.5) is 18.9 Å². The summed E-state index contributed by atoms with van der Waals surface area (Å²) in [7, 11) is -1.18. The monoisotopic (exact) mass is 401 g/mol. The third-order valence-electron chi connectivity index (χ3n) is 3.83. The van der Waals surface area contributed by atoms with Crippen molar-refractivity contribution in [1.29, 1.82) is 0 Å². The highest BCUT2D eigenvalue weighted by molar-refractivity contribution is 7.89. The molecule has 6 nitrogen and oxygen atoms in total. The third-order valence-corrected chi connectivity index (χ3v) is 5.25. The Kier molecular flexibility index (Phi) is 6.11. The molecule has 0 saturated heterocycles. The standard InChI is InChI=1S/C17H18F3N3O3S/c1-21-16(24)13-9-12(27(25,26)22-2)7-8-15(13)23-10-11-5-3-4-6-14(11)17(18,19)20/h3-9,22-23H,10H2,1-2H3,(H,21,24). The molecule has 2 aromatic carbocycles. The minimum Gasteiger partial charge on any atom is -0.380 e. The van der Waals surface area contributed by atoms with Crippen molar-refractivity contribution >= 4 is 21.6 Å². The fourth-order valence-electron chi connectivity index (χ4n) is 2.43. The number of anilines is 1. The topological polar surface area (TPSA) is 87.3 Å². The Morgan fingerprint density at radius 1 is 1.07 bits per heavy atom. The molecule has 0 aliphatic carbocycles. The van der Waals surface area contributed by atoms with Crippen molar-refractivity contribution < 1.29 is 26.4 Å². The zero-order chi connectivity index (χ0) is 20.2. The van der Waals surface area contributed by atoms with Crippen molar-refractivity contribution in [2.45, 2.75) is 17.6 Å². The van der Waals surface area contributed by atoms with Crippen LogP contribution in [-0.4, -0.2) is 28.4 Å². The van der Waals surface area contributed by atoms with Crippen LogP contribution < -0.4 is 15.4 Å². The second-order valence-electron chi connectivity index (χ2n) is 5.50. The van der Waals surface area contributed by atoms with Crippen LogP contribution in [0.25, 0.3) is 0 Å². The van der Waals surface area contributed by atoms with E-state index in [2.05, 4.69) is 15.4 Å². The number of alkyl halides is 3. The Balaban J connectivity index is 2.39. The van der Waals surface area contributed by atoms with E-state index in [1.807, 2.05) is 0 Å². The molecule has 0 aliphatic rings. The van der Waals surface area contributed by atoms with E-state index < -0.39 is 27.7 Å². The van der Waals surface area contributed by atoms with Gasteiger partial charge >= 0.3 is 6.18 Å². The lowest BCUT2D eigenvalue weighted by molar-refractivity contribution is -0.138. The molecule has 3 N–H and O–H groups in total. The van der Waals surface area contributed by atoms with Gasteiger partial charge in [-0.25, -0.2) is 13.1 Å². The fraction of sp³-hybridized carbons (Fsp3) is 0.235. The summed E-state index contributed by atoms with van der Waals surface area (Å²) in [6, 6.07) is 8.83. The number of hydrogen-bond acceptors (Lipinski definition) is 4. The van der Waals surface area contributed by atoms with Gasteiger partial charge in [0.05, 0.1) is 16.0 Å². The van der Waals surface area contributed by atoms with Crippen molar-refractivity contribution in [3.05, 3.63) is 59.2 Å². The number of carbonyl (C=O) groups excluding carboxylic acids is 1. The number of carbonyl (C=O) groups is 1. The van der Waals surface area contributed by atoms with Crippen LogP contribution in [0, 0.1) is 0 Å². The van der Waals surface area contributed by atoms with Gasteiger partial charge in [-0.2, -0.15) is 13.2 Å². The molecule has 0 atom stereocenters. The highest BCUT2D eigenvalue weighted by Crippen LogP contribution is 2.32. The van der Waals surface area contributed by atoms with Crippen LogP contribution in [0.3, 0.4) is 0 Å². The van der Waals surface area contributed by atoms with Crippen molar-refractivity contribution in [3.8, 4) is 0 Å². The minimum atomic E-state index is -4.51. The van der Waals surface area contributed by atoms with E-state index in [1.165, 1.54) is 44.4 Å². The summed E-state index contributed by atoms with van der Waals surface area (Å²) in [5, 5.41) is 5.16. The van der Waals surface area contributed by atoms with Gasteiger partial charge in [0.2, 0.25) is 10.0 Å². The Morgan fingerprint density at radius 3 is 2.33 bits per heavy atom. The normalized spacial score (nSPS) is 11.9. The number of amides is 1. The second kappa shape index (κ2) is 7.97. The largest absolute Gasteiger partial charge is 0.416 e. The molecule has 0 bridgehead atoms. The highest BCUT2D eigenvalue weighted by Gasteiger charge is 2.32. The first-order valence-electron chi connectivity index (χ1n) is 7.79. The second-order valence-corrected chi connectivity index (χ2v) is 7.39. The summed E-state index contributed by atoms with van der Waals surface area (Å²) in [5.41, 5.74) is -0.576. The summed E-state index contributed by atoms with van der Waals surface area (Å²) in [5.74, 6) is -0.574. The SMILES string of the molecule is CNC(=O)c1cc(S(=O)(=O)NC)ccc1NCc1ccccc1C(F)(F)F. The zero-order valence-corrected chi connectivity index (χ0v) is 15.3. The molecule has 1 amide bonds. The van der Waals surface area contributed by atoms with Gasteiger partial charge in [-0.3, -0.25) is 4.79 Å². The maximum absolute atomic E-state index is 13.1. The van der Waals surface area contributed by atoms with Gasteiger partial charge in [-0.15, -0.1) is 0 Å². The van der Waals surface area contributed by atoms with E-state index in [1.54, 1.807) is 0 Å². The first kappa shape index (κ1) is 20.7. The maximum Gasteiger partial charge on any atom is 0.416 e. The van der Waals surface area contributed by atoms with Crippen LogP contribution >= 0.6 is 0 Å². The van der Waals surface area contributed by atoms with Gasteiger partial charge in [-0.1, -0.05) is 18.2 Å². The number of halogens is 3. The Labute approximate surface area is 154 Å². The highest BCUT2D eigenvalue weighted by atomic mass is 32.2. The van der Waals surface area contributed by atoms with Gasteiger partial charge < -0.3 is 10.6 Å². The average molecular weight is 401 g/mol. The molecule has 2 aromatic rings. The van der Waals surface area contributed by atoms with Gasteiger partial charge in [0.1, 0.15) is 0 Å². The van der Waals surface area contributed by atoms with E-state index in [0.29, 0.717) is 0 Å². The molecule has 0 aromatic heterocycles. The Morgan fingerprint density at radius 2 is 1.74 bits per heavy atom. The van der Waals surface area contributed by atoms with Crippen LogP contribution in [-0.2, 0) is 22.7 Å². The van der Waals surface area contributed by atoms with E-state index in [-0.39, 0.29) is 28.3 Å². The summed E-state index contributed by atoms with van der Waals surface area (Å²) in [6.45, 7) is -0.197. The summed E-state index contributed by atoms with van der Waals surface area (Å²) < 4.78 is 65.3. The lowest BCUT2D eigenvalue weighted by Gasteiger charge is -2.16. The number of benzene rings is 2. The van der Waals surface area contributed by atoms with Crippen LogP contribution in [0.2, 0.25) is 0 Å². The van der Waals surface area contributed by atoms with Crippen molar-refractivity contribution in [2.24, 2.45) is 0 Å². The molecule has 0 fully saturated rings. The molecule has 2 rings (SSSR count). The van der Waals surface area contributed by atoms with Gasteiger partial charge in [0, 0.05) is 19.3 Å². The predicted molar refractivity (Wildman–Crippen MR) is 94.8 cm³/mol. The maximum atomic E-state index is 13.1. The van der Waals surface area contributed by atoms with Crippen LogP contribution in [0.15, 0.2) is 47.4 Å². The fourth-order valence-corrected chi connectivity index (χ4v) is 3.18. The minimum absolute atomic E-state index is 0.000204. The summed E-state index contributed by atoms with van der Waals surface area (Å²) in [6.07, 6.45) is -4.51. The van der Waals surface area contributed by atoms with Gasteiger partial charge in [-0.05, 0) is 36.9 Å². The first-order chi connectivity index (χ1) is 12.6. The van der Waals surface area contributed by atoms with Crippen molar-refractivity contribution in [2.75, 3.05) is 19.4 Å². The predicted octanol–water partition coefficient (Wildman–Crippen LogP) is 2.59. The lowest BCUT2D eigenvalue weighted by atomic mass is 10.1. The zero-order valence-electron chi connectivity index (χ0n) is 14.5. The van der Waals surface area contributed by atoms with E-state index in [9.17, 15) is 26.4 Å². The molecule has 0 saturated carbocycles. The molecule has 146 valence electrons. The first-order valence-corrected chi connectivity index (χ1v) is 9.27. The summed E-state index contributed by atoms with van der Waals surface area (Å²) >= 11 is 0. The molecule has 0 radical (unpaired) electrons. The van der Waals surface area contributed by atoms with E-state index in [0.717, 1.165) is 12.1 Å². The molecule has 0 aliphatic heterocycles. The molecular weight excluding hydrogens is 383 g/mol. The van der Waals surface area contributed by atoms with E-state index in [4.69, 9.17) is 0 Å². The van der Waals surface area contributed by atoms with E-state index >= 15 is 0 Å². The quantitative estimate of drug-likeness (QED) is 0.694. The Bertz CT molecular complexity index is 944. The Hall–Kier alpha value is -2.59. The lowest BCUT2D eigenvalue weighted by Crippen LogP contribution is -2.23. The smallest absolute Gasteiger partial charge is 0.380 e. The molecule has 27 heavy (non-hydrogen) atoms. The van der Waals surface area contributed by atoms with Crippen molar-refractivity contribution in [3.63, 3.8) is 0 Å². The van der Waals surface area contributed by atoms with Crippen molar-refractivity contribution in [1.82, 2.24) is 10.0 Å². The van der Waals surface area contributed by atoms with Crippen LogP contribution in [0.5, 0.6) is 0 Å². The number of hydrogen-bond donors (Lipinski definition) is 3. The van der Waals surface area contributed by atoms with Crippen LogP contribution in [0.1, 0.15) is 21.5 Å².